The average molecular weight is 174 g/mol. The van der Waals surface area contributed by atoms with Crippen molar-refractivity contribution < 1.29 is 9.21 Å². The lowest BCUT2D eigenvalue weighted by Gasteiger charge is -1.93. The Labute approximate surface area is 73.6 Å². The Morgan fingerprint density at radius 3 is 3.31 bits per heavy atom. The molecule has 0 aliphatic carbocycles. The summed E-state index contributed by atoms with van der Waals surface area (Å²) in [5, 5.41) is 2.75. The number of rotatable bonds is 0. The highest BCUT2D eigenvalue weighted by Gasteiger charge is 2.22. The lowest BCUT2D eigenvalue weighted by molar-refractivity contribution is 0.0966. The third-order valence-corrected chi connectivity index (χ3v) is 2.28. The first-order valence-corrected chi connectivity index (χ1v) is 3.99. The van der Waals surface area contributed by atoms with Crippen molar-refractivity contribution >= 4 is 17.0 Å². The summed E-state index contributed by atoms with van der Waals surface area (Å²) in [7, 11) is 0. The van der Waals surface area contributed by atoms with Gasteiger partial charge in [-0.05, 0) is 12.1 Å². The van der Waals surface area contributed by atoms with Crippen molar-refractivity contribution in [3.8, 4) is 0 Å². The Hall–Kier alpha value is -1.84. The van der Waals surface area contributed by atoms with Gasteiger partial charge in [0.1, 0.15) is 5.52 Å². The number of aromatic nitrogens is 1. The summed E-state index contributed by atoms with van der Waals surface area (Å²) in [6.07, 6.45) is 1.40. The number of hydrogen-bond donors (Lipinski definition) is 1. The van der Waals surface area contributed by atoms with Crippen molar-refractivity contribution in [1.82, 2.24) is 10.3 Å². The first-order valence-electron chi connectivity index (χ1n) is 3.99. The van der Waals surface area contributed by atoms with Crippen molar-refractivity contribution in [2.24, 2.45) is 0 Å². The molecule has 1 aliphatic rings. The zero-order valence-corrected chi connectivity index (χ0v) is 6.70. The summed E-state index contributed by atoms with van der Waals surface area (Å²) in [5.74, 6) is -0.0279. The molecular formula is C9H6N2O2. The molecule has 64 valence electrons. The van der Waals surface area contributed by atoms with Gasteiger partial charge in [0.25, 0.3) is 5.91 Å². The minimum absolute atomic E-state index is 0.0279. The molecule has 0 atom stereocenters. The number of carbonyl (C=O) groups is 1. The lowest BCUT2D eigenvalue weighted by Crippen LogP contribution is -2.12. The molecule has 13 heavy (non-hydrogen) atoms. The van der Waals surface area contributed by atoms with E-state index in [2.05, 4.69) is 10.3 Å². The van der Waals surface area contributed by atoms with Crippen molar-refractivity contribution in [3.05, 3.63) is 29.7 Å². The van der Waals surface area contributed by atoms with Gasteiger partial charge in [-0.1, -0.05) is 0 Å². The van der Waals surface area contributed by atoms with Gasteiger partial charge in [-0.2, -0.15) is 0 Å². The van der Waals surface area contributed by atoms with Crippen LogP contribution in [0.1, 0.15) is 15.9 Å². The van der Waals surface area contributed by atoms with Gasteiger partial charge >= 0.3 is 0 Å². The molecule has 2 aromatic rings. The minimum atomic E-state index is -0.0279. The Bertz CT molecular complexity index is 501. The maximum Gasteiger partial charge on any atom is 0.251 e. The Balaban J connectivity index is 2.45. The van der Waals surface area contributed by atoms with Crippen LogP contribution in [-0.4, -0.2) is 10.9 Å². The van der Waals surface area contributed by atoms with Crippen LogP contribution >= 0.6 is 0 Å². The molecule has 1 aliphatic heterocycles. The lowest BCUT2D eigenvalue weighted by atomic mass is 10.1. The predicted molar refractivity (Wildman–Crippen MR) is 45.2 cm³/mol. The molecule has 1 N–H and O–H groups in total. The molecule has 0 radical (unpaired) electrons. The zero-order chi connectivity index (χ0) is 8.84. The highest BCUT2D eigenvalue weighted by Crippen LogP contribution is 2.24. The molecule has 4 nitrogen and oxygen atoms in total. The van der Waals surface area contributed by atoms with Crippen LogP contribution in [-0.2, 0) is 6.54 Å². The van der Waals surface area contributed by atoms with Gasteiger partial charge in [0, 0.05) is 17.7 Å². The second-order valence-corrected chi connectivity index (χ2v) is 2.97. The van der Waals surface area contributed by atoms with E-state index in [-0.39, 0.29) is 5.91 Å². The minimum Gasteiger partial charge on any atom is -0.443 e. The quantitative estimate of drug-likeness (QED) is 0.650. The fourth-order valence-corrected chi connectivity index (χ4v) is 1.64. The van der Waals surface area contributed by atoms with Crippen LogP contribution < -0.4 is 5.32 Å². The van der Waals surface area contributed by atoms with Crippen molar-refractivity contribution in [2.75, 3.05) is 0 Å². The smallest absolute Gasteiger partial charge is 0.251 e. The van der Waals surface area contributed by atoms with E-state index in [1.807, 2.05) is 0 Å². The molecule has 2 heterocycles. The number of carbonyl (C=O) groups excluding carboxylic acids is 1. The van der Waals surface area contributed by atoms with Gasteiger partial charge in [0.05, 0.1) is 0 Å². The molecule has 1 amide bonds. The molecule has 0 fully saturated rings. The normalized spacial score (nSPS) is 14.6. The highest BCUT2D eigenvalue weighted by molar-refractivity contribution is 6.02. The van der Waals surface area contributed by atoms with Crippen molar-refractivity contribution in [1.29, 1.82) is 0 Å². The number of oxazole rings is 1. The number of nitrogens with one attached hydrogen (secondary N) is 1. The van der Waals surface area contributed by atoms with Gasteiger partial charge in [-0.25, -0.2) is 4.98 Å². The molecular weight excluding hydrogens is 168 g/mol. The molecule has 0 spiro atoms. The summed E-state index contributed by atoms with van der Waals surface area (Å²) >= 11 is 0. The van der Waals surface area contributed by atoms with E-state index in [0.29, 0.717) is 12.1 Å². The maximum atomic E-state index is 11.3. The number of benzene rings is 1. The van der Waals surface area contributed by atoms with E-state index in [1.54, 1.807) is 12.1 Å². The van der Waals surface area contributed by atoms with Crippen LogP contribution in [0.4, 0.5) is 0 Å². The molecule has 0 bridgehead atoms. The molecule has 0 unspecified atom stereocenters. The summed E-state index contributed by atoms with van der Waals surface area (Å²) in [4.78, 5) is 15.3. The van der Waals surface area contributed by atoms with Crippen LogP contribution in [0.3, 0.4) is 0 Å². The summed E-state index contributed by atoms with van der Waals surface area (Å²) in [5.41, 5.74) is 3.17. The zero-order valence-electron chi connectivity index (χ0n) is 6.70. The van der Waals surface area contributed by atoms with Crippen molar-refractivity contribution in [3.63, 3.8) is 0 Å². The van der Waals surface area contributed by atoms with E-state index in [1.165, 1.54) is 6.39 Å². The molecule has 1 aromatic heterocycles. The SMILES string of the molecule is O=C1NCc2c1ccc1ocnc21. The van der Waals surface area contributed by atoms with Gasteiger partial charge in [-0.3, -0.25) is 4.79 Å². The Morgan fingerprint density at radius 2 is 2.38 bits per heavy atom. The standard InChI is InChI=1S/C9H6N2O2/c12-9-5-1-2-7-8(11-4-13-7)6(5)3-10-9/h1-2,4H,3H2,(H,10,12). The van der Waals surface area contributed by atoms with Gasteiger partial charge < -0.3 is 9.73 Å². The number of fused-ring (bicyclic) bond motifs is 3. The van der Waals surface area contributed by atoms with E-state index in [9.17, 15) is 4.79 Å². The van der Waals surface area contributed by atoms with E-state index in [4.69, 9.17) is 4.42 Å². The van der Waals surface area contributed by atoms with Crippen LogP contribution in [0.2, 0.25) is 0 Å². The van der Waals surface area contributed by atoms with Gasteiger partial charge in [0.2, 0.25) is 0 Å². The predicted octanol–water partition coefficient (Wildman–Crippen LogP) is 1.07. The summed E-state index contributed by atoms with van der Waals surface area (Å²) < 4.78 is 5.13. The maximum absolute atomic E-state index is 11.3. The number of nitrogens with zero attached hydrogens (tertiary/aromatic N) is 1. The van der Waals surface area contributed by atoms with E-state index >= 15 is 0 Å². The second kappa shape index (κ2) is 2.10. The van der Waals surface area contributed by atoms with Gasteiger partial charge in [-0.15, -0.1) is 0 Å². The molecule has 0 saturated heterocycles. The highest BCUT2D eigenvalue weighted by atomic mass is 16.3. The number of hydrogen-bond acceptors (Lipinski definition) is 3. The third kappa shape index (κ3) is 0.744. The van der Waals surface area contributed by atoms with E-state index in [0.717, 1.165) is 16.7 Å². The molecule has 3 rings (SSSR count). The topological polar surface area (TPSA) is 55.1 Å². The molecule has 0 saturated carbocycles. The van der Waals surface area contributed by atoms with Crippen LogP contribution in [0.15, 0.2) is 22.9 Å². The second-order valence-electron chi connectivity index (χ2n) is 2.97. The fraction of sp³-hybridized carbons (Fsp3) is 0.111. The van der Waals surface area contributed by atoms with Crippen LogP contribution in [0.25, 0.3) is 11.1 Å². The van der Waals surface area contributed by atoms with Crippen LogP contribution in [0, 0.1) is 0 Å². The molecule has 1 aromatic carbocycles. The fourth-order valence-electron chi connectivity index (χ4n) is 1.64. The Kier molecular flexibility index (Phi) is 1.07. The monoisotopic (exact) mass is 174 g/mol. The summed E-state index contributed by atoms with van der Waals surface area (Å²) in [6.45, 7) is 0.554. The van der Waals surface area contributed by atoms with Crippen molar-refractivity contribution in [2.45, 2.75) is 6.54 Å². The first kappa shape index (κ1) is 6.65. The third-order valence-electron chi connectivity index (χ3n) is 2.28. The largest absolute Gasteiger partial charge is 0.443 e. The summed E-state index contributed by atoms with van der Waals surface area (Å²) in [6, 6.07) is 3.54. The average Bonchev–Trinajstić information content (AvgIpc) is 2.70. The Morgan fingerprint density at radius 1 is 1.46 bits per heavy atom. The van der Waals surface area contributed by atoms with Crippen LogP contribution in [0.5, 0.6) is 0 Å². The van der Waals surface area contributed by atoms with E-state index < -0.39 is 0 Å². The molecule has 4 heteroatoms. The first-order chi connectivity index (χ1) is 6.36. The number of amides is 1. The van der Waals surface area contributed by atoms with Gasteiger partial charge in [0.15, 0.2) is 12.0 Å².